The molecule has 0 saturated carbocycles. The topological polar surface area (TPSA) is 79.6 Å². The van der Waals surface area contributed by atoms with Gasteiger partial charge in [-0.15, -0.1) is 0 Å². The Bertz CT molecular complexity index is 1200. The highest BCUT2D eigenvalue weighted by atomic mass is 16.6. The molecule has 1 aliphatic carbocycles. The molecule has 1 heterocycles. The number of rotatable bonds is 4. The van der Waals surface area contributed by atoms with Crippen LogP contribution in [0.25, 0.3) is 11.1 Å². The molecule has 3 aromatic rings. The molecule has 6 heteroatoms. The fourth-order valence-corrected chi connectivity index (χ4v) is 4.49. The third kappa shape index (κ3) is 3.48. The largest absolute Gasteiger partial charge is 0.448 e. The number of hydrogen-bond acceptors (Lipinski definition) is 5. The number of esters is 1. The van der Waals surface area contributed by atoms with Crippen molar-refractivity contribution in [2.75, 3.05) is 13.3 Å². The van der Waals surface area contributed by atoms with Crippen molar-refractivity contribution in [2.45, 2.75) is 18.4 Å². The second-order valence-electron chi connectivity index (χ2n) is 7.90. The van der Waals surface area contributed by atoms with E-state index in [1.807, 2.05) is 30.3 Å². The van der Waals surface area contributed by atoms with Crippen molar-refractivity contribution in [3.05, 3.63) is 95.1 Å². The Kier molecular flexibility index (Phi) is 5.08. The number of amides is 1. The number of ether oxygens (including phenoxy) is 2. The first kappa shape index (κ1) is 19.8. The smallest absolute Gasteiger partial charge is 0.413 e. The lowest BCUT2D eigenvalue weighted by Gasteiger charge is -2.21. The molecule has 0 N–H and O–H groups in total. The van der Waals surface area contributed by atoms with Gasteiger partial charge in [-0.05, 0) is 39.9 Å². The summed E-state index contributed by atoms with van der Waals surface area (Å²) in [5.41, 5.74) is 5.84. The van der Waals surface area contributed by atoms with Gasteiger partial charge < -0.3 is 9.47 Å². The maximum absolute atomic E-state index is 12.9. The summed E-state index contributed by atoms with van der Waals surface area (Å²) in [5.74, 6) is -0.530. The van der Waals surface area contributed by atoms with Crippen molar-refractivity contribution in [3.8, 4) is 17.2 Å². The second kappa shape index (κ2) is 8.20. The Morgan fingerprint density at radius 3 is 2.41 bits per heavy atom. The van der Waals surface area contributed by atoms with E-state index in [4.69, 9.17) is 14.7 Å². The molecule has 6 nitrogen and oxygen atoms in total. The summed E-state index contributed by atoms with van der Waals surface area (Å²) in [6.45, 7) is 0.0340. The van der Waals surface area contributed by atoms with E-state index in [0.29, 0.717) is 5.56 Å². The van der Waals surface area contributed by atoms with Gasteiger partial charge in [0, 0.05) is 12.3 Å². The highest BCUT2D eigenvalue weighted by molar-refractivity contribution is 5.84. The van der Waals surface area contributed by atoms with Crippen molar-refractivity contribution in [2.24, 2.45) is 0 Å². The van der Waals surface area contributed by atoms with Gasteiger partial charge in [0.25, 0.3) is 0 Å². The Hall–Kier alpha value is -4.11. The van der Waals surface area contributed by atoms with Gasteiger partial charge in [-0.25, -0.2) is 9.59 Å². The minimum absolute atomic E-state index is 0.0590. The average molecular weight is 424 g/mol. The van der Waals surface area contributed by atoms with Gasteiger partial charge in [-0.1, -0.05) is 60.7 Å². The molecule has 3 aromatic carbocycles. The van der Waals surface area contributed by atoms with Crippen LogP contribution < -0.4 is 0 Å². The molecule has 1 atom stereocenters. The number of hydrogen-bond donors (Lipinski definition) is 0. The summed E-state index contributed by atoms with van der Waals surface area (Å²) in [6, 6.07) is 24.5. The molecule has 158 valence electrons. The van der Waals surface area contributed by atoms with Crippen LogP contribution in [0.1, 0.15) is 28.2 Å². The van der Waals surface area contributed by atoms with Gasteiger partial charge in [-0.2, -0.15) is 5.26 Å². The van der Waals surface area contributed by atoms with E-state index >= 15 is 0 Å². The van der Waals surface area contributed by atoms with Crippen LogP contribution in [0.3, 0.4) is 0 Å². The van der Waals surface area contributed by atoms with Crippen molar-refractivity contribution in [1.82, 2.24) is 4.90 Å². The highest BCUT2D eigenvalue weighted by Crippen LogP contribution is 2.44. The van der Waals surface area contributed by atoms with Gasteiger partial charge in [0.05, 0.1) is 11.6 Å². The monoisotopic (exact) mass is 424 g/mol. The predicted octanol–water partition coefficient (Wildman–Crippen LogP) is 4.23. The minimum Gasteiger partial charge on any atom is -0.448 e. The molecule has 0 unspecified atom stereocenters. The van der Waals surface area contributed by atoms with Crippen LogP contribution in [-0.4, -0.2) is 36.3 Å². The Morgan fingerprint density at radius 1 is 1.03 bits per heavy atom. The summed E-state index contributed by atoms with van der Waals surface area (Å²) < 4.78 is 10.8. The molecule has 1 saturated heterocycles. The second-order valence-corrected chi connectivity index (χ2v) is 7.90. The maximum Gasteiger partial charge on any atom is 0.413 e. The number of nitrogens with zero attached hydrogens (tertiary/aromatic N) is 2. The zero-order valence-electron chi connectivity index (χ0n) is 17.2. The summed E-state index contributed by atoms with van der Waals surface area (Å²) in [6.07, 6.45) is -0.322. The molecule has 2 aliphatic rings. The Morgan fingerprint density at radius 2 is 1.72 bits per heavy atom. The summed E-state index contributed by atoms with van der Waals surface area (Å²) in [4.78, 5) is 26.5. The van der Waals surface area contributed by atoms with E-state index in [2.05, 4.69) is 30.3 Å². The molecule has 0 bridgehead atoms. The zero-order valence-corrected chi connectivity index (χ0v) is 17.2. The van der Waals surface area contributed by atoms with Gasteiger partial charge in [0.2, 0.25) is 0 Å². The lowest BCUT2D eigenvalue weighted by Crippen LogP contribution is -2.40. The maximum atomic E-state index is 12.9. The predicted molar refractivity (Wildman–Crippen MR) is 117 cm³/mol. The van der Waals surface area contributed by atoms with E-state index < -0.39 is 18.1 Å². The van der Waals surface area contributed by atoms with Crippen LogP contribution in [0, 0.1) is 11.3 Å². The van der Waals surface area contributed by atoms with E-state index in [9.17, 15) is 9.59 Å². The van der Waals surface area contributed by atoms with E-state index in [-0.39, 0.29) is 25.7 Å². The molecule has 1 amide bonds. The van der Waals surface area contributed by atoms with Crippen LogP contribution in [0.5, 0.6) is 0 Å². The number of benzene rings is 3. The highest BCUT2D eigenvalue weighted by Gasteiger charge is 2.39. The molecular formula is C26H20N2O4. The van der Waals surface area contributed by atoms with Crippen molar-refractivity contribution < 1.29 is 19.1 Å². The molecule has 0 radical (unpaired) electrons. The van der Waals surface area contributed by atoms with Crippen molar-refractivity contribution >= 4 is 12.1 Å². The van der Waals surface area contributed by atoms with Crippen LogP contribution in [-0.2, 0) is 20.7 Å². The molecule has 32 heavy (non-hydrogen) atoms. The standard InChI is InChI=1S/C26H20N2O4/c27-14-18-7-5-6-17(12-18)13-24-25(29)32-16-28(24)26(30)31-15-23-21-10-3-1-8-19(21)20-9-2-4-11-22(20)23/h1-12,23-24H,13,15-16H2/t24-/m0/s1. The summed E-state index contributed by atoms with van der Waals surface area (Å²) in [7, 11) is 0. The Labute approximate surface area is 185 Å². The third-order valence-corrected chi connectivity index (χ3v) is 6.05. The number of nitriles is 1. The lowest BCUT2D eigenvalue weighted by atomic mass is 9.98. The SMILES string of the molecule is N#Cc1cccc(C[C@H]2C(=O)OCN2C(=O)OCC2c3ccccc3-c3ccccc32)c1. The van der Waals surface area contributed by atoms with Gasteiger partial charge >= 0.3 is 12.1 Å². The first-order valence-electron chi connectivity index (χ1n) is 10.4. The van der Waals surface area contributed by atoms with E-state index in [1.165, 1.54) is 4.90 Å². The molecule has 1 aliphatic heterocycles. The van der Waals surface area contributed by atoms with Gasteiger partial charge in [0.1, 0.15) is 12.6 Å². The molecule has 5 rings (SSSR count). The fourth-order valence-electron chi connectivity index (χ4n) is 4.49. The molecule has 1 fully saturated rings. The van der Waals surface area contributed by atoms with Gasteiger partial charge in [0.15, 0.2) is 6.73 Å². The van der Waals surface area contributed by atoms with Crippen LogP contribution in [0.2, 0.25) is 0 Å². The average Bonchev–Trinajstić information content (AvgIpc) is 3.35. The summed E-state index contributed by atoms with van der Waals surface area (Å²) >= 11 is 0. The summed E-state index contributed by atoms with van der Waals surface area (Å²) in [5, 5.41) is 9.10. The van der Waals surface area contributed by atoms with Crippen LogP contribution >= 0.6 is 0 Å². The number of carbonyl (C=O) groups is 2. The zero-order chi connectivity index (χ0) is 22.1. The molecule has 0 aromatic heterocycles. The Balaban J connectivity index is 1.31. The number of cyclic esters (lactones) is 1. The van der Waals surface area contributed by atoms with Crippen molar-refractivity contribution in [3.63, 3.8) is 0 Å². The van der Waals surface area contributed by atoms with Gasteiger partial charge in [-0.3, -0.25) is 4.90 Å². The first-order valence-corrected chi connectivity index (χ1v) is 10.4. The number of fused-ring (bicyclic) bond motifs is 3. The quantitative estimate of drug-likeness (QED) is 0.586. The van der Waals surface area contributed by atoms with Crippen LogP contribution in [0.4, 0.5) is 4.79 Å². The number of carbonyl (C=O) groups excluding carboxylic acids is 2. The minimum atomic E-state index is -0.778. The van der Waals surface area contributed by atoms with E-state index in [0.717, 1.165) is 27.8 Å². The first-order chi connectivity index (χ1) is 15.7. The fraction of sp³-hybridized carbons (Fsp3) is 0.192. The van der Waals surface area contributed by atoms with Crippen molar-refractivity contribution in [1.29, 1.82) is 5.26 Å². The normalized spacial score (nSPS) is 16.8. The molecular weight excluding hydrogens is 404 g/mol. The van der Waals surface area contributed by atoms with E-state index in [1.54, 1.807) is 18.2 Å². The molecule has 0 spiro atoms. The van der Waals surface area contributed by atoms with Crippen LogP contribution in [0.15, 0.2) is 72.8 Å². The lowest BCUT2D eigenvalue weighted by molar-refractivity contribution is -0.139. The third-order valence-electron chi connectivity index (χ3n) is 6.05.